The Labute approximate surface area is 149 Å². The van der Waals surface area contributed by atoms with E-state index in [-0.39, 0.29) is 6.61 Å². The van der Waals surface area contributed by atoms with Gasteiger partial charge in [0.25, 0.3) is 0 Å². The van der Waals surface area contributed by atoms with Gasteiger partial charge in [0.15, 0.2) is 0 Å². The number of fused-ring (bicyclic) bond motifs is 5. The lowest BCUT2D eigenvalue weighted by molar-refractivity contribution is -0.942. The summed E-state index contributed by atoms with van der Waals surface area (Å²) < 4.78 is 6.71. The zero-order valence-corrected chi connectivity index (χ0v) is 15.5. The number of benzene rings is 1. The molecule has 2 aliphatic rings. The number of piperidine rings is 1. The number of ether oxygens (including phenoxy) is 1. The van der Waals surface area contributed by atoms with E-state index in [1.807, 2.05) is 0 Å². The molecule has 0 unspecified atom stereocenters. The van der Waals surface area contributed by atoms with Crippen molar-refractivity contribution in [2.75, 3.05) is 33.9 Å². The van der Waals surface area contributed by atoms with Crippen LogP contribution >= 0.6 is 0 Å². The summed E-state index contributed by atoms with van der Waals surface area (Å²) >= 11 is 0. The average molecular weight is 341 g/mol. The van der Waals surface area contributed by atoms with Gasteiger partial charge in [0, 0.05) is 30.4 Å². The fourth-order valence-corrected chi connectivity index (χ4v) is 5.17. The largest absolute Gasteiger partial charge is 0.496 e. The van der Waals surface area contributed by atoms with Gasteiger partial charge in [0.1, 0.15) is 18.3 Å². The Hall–Kier alpha value is -1.78. The number of rotatable bonds is 3. The Kier molecular flexibility index (Phi) is 4.13. The summed E-state index contributed by atoms with van der Waals surface area (Å²) in [5.74, 6) is 1.47. The third kappa shape index (κ3) is 2.51. The molecule has 0 spiro atoms. The molecule has 0 radical (unpaired) electrons. The number of aromatic amines is 1. The van der Waals surface area contributed by atoms with Crippen molar-refractivity contribution in [3.8, 4) is 5.75 Å². The van der Waals surface area contributed by atoms with E-state index in [1.165, 1.54) is 27.7 Å². The highest BCUT2D eigenvalue weighted by Gasteiger charge is 2.47. The Balaban J connectivity index is 1.82. The third-order valence-corrected chi connectivity index (χ3v) is 6.52. The van der Waals surface area contributed by atoms with Gasteiger partial charge >= 0.3 is 0 Å². The number of nitrogens with zero attached hydrogens (tertiary/aromatic N) is 1. The fourth-order valence-electron chi connectivity index (χ4n) is 5.17. The molecule has 1 fully saturated rings. The predicted molar refractivity (Wildman–Crippen MR) is 101 cm³/mol. The Morgan fingerprint density at radius 3 is 2.96 bits per heavy atom. The van der Waals surface area contributed by atoms with Crippen LogP contribution in [0.2, 0.25) is 0 Å². The van der Waals surface area contributed by atoms with Crippen LogP contribution in [0.4, 0.5) is 0 Å². The molecule has 4 rings (SSSR count). The predicted octanol–water partition coefficient (Wildman–Crippen LogP) is 3.57. The van der Waals surface area contributed by atoms with Crippen LogP contribution in [0.15, 0.2) is 29.8 Å². The molecular weight excluding hydrogens is 312 g/mol. The quantitative estimate of drug-likeness (QED) is 0.662. The average Bonchev–Trinajstić information content (AvgIpc) is 3.00. The minimum atomic E-state index is 0.270. The lowest BCUT2D eigenvalue weighted by Gasteiger charge is -2.50. The Bertz CT molecular complexity index is 823. The lowest BCUT2D eigenvalue weighted by atomic mass is 9.78. The molecule has 0 saturated carbocycles. The number of nitrogens with one attached hydrogen (secondary N) is 1. The number of aromatic nitrogens is 1. The van der Waals surface area contributed by atoms with E-state index in [4.69, 9.17) is 4.74 Å². The first-order valence-electron chi connectivity index (χ1n) is 9.39. The van der Waals surface area contributed by atoms with Crippen molar-refractivity contribution >= 4 is 10.9 Å². The van der Waals surface area contributed by atoms with E-state index in [9.17, 15) is 5.11 Å². The van der Waals surface area contributed by atoms with Gasteiger partial charge in [0.2, 0.25) is 0 Å². The van der Waals surface area contributed by atoms with Gasteiger partial charge in [-0.1, -0.05) is 12.1 Å². The van der Waals surface area contributed by atoms with Crippen LogP contribution in [0.25, 0.3) is 10.9 Å². The SMILES string of the molecule is C/C=C1/C[N@+]2(C)CCc3c([nH]c4cccc(OC)c34)[C@@H]2C[C@@H]1CCO. The van der Waals surface area contributed by atoms with E-state index < -0.39 is 0 Å². The smallest absolute Gasteiger partial charge is 0.131 e. The Morgan fingerprint density at radius 1 is 1.40 bits per heavy atom. The summed E-state index contributed by atoms with van der Waals surface area (Å²) in [4.78, 5) is 3.73. The summed E-state index contributed by atoms with van der Waals surface area (Å²) in [6.45, 7) is 4.67. The standard InChI is InChI=1S/C21H29N2O2/c1-4-14-13-23(2)10-8-16-20-17(6-5-7-19(20)25-3)22-21(16)18(23)12-15(14)9-11-24/h4-7,15,18,22,24H,8-13H2,1-3H3/q+1/b14-4-/t15-,18-,23-/m0/s1. The van der Waals surface area contributed by atoms with E-state index in [2.05, 4.69) is 43.2 Å². The number of aliphatic hydroxyl groups excluding tert-OH is 1. The van der Waals surface area contributed by atoms with Crippen LogP contribution in [-0.4, -0.2) is 48.4 Å². The second-order valence-electron chi connectivity index (χ2n) is 7.84. The molecule has 1 saturated heterocycles. The molecule has 2 N–H and O–H groups in total. The van der Waals surface area contributed by atoms with Crippen LogP contribution in [0.3, 0.4) is 0 Å². The number of aliphatic hydroxyl groups is 1. The minimum absolute atomic E-state index is 0.270. The van der Waals surface area contributed by atoms with Crippen LogP contribution in [0.1, 0.15) is 37.1 Å². The van der Waals surface area contributed by atoms with Gasteiger partial charge in [-0.05, 0) is 42.5 Å². The summed E-state index contributed by atoms with van der Waals surface area (Å²) in [6, 6.07) is 6.75. The molecule has 0 aliphatic carbocycles. The molecule has 0 bridgehead atoms. The molecule has 4 heteroatoms. The molecular formula is C21H29N2O2+. The van der Waals surface area contributed by atoms with Crippen molar-refractivity contribution in [1.29, 1.82) is 0 Å². The van der Waals surface area contributed by atoms with Gasteiger partial charge in [0.05, 0.1) is 26.4 Å². The molecule has 2 aromatic rings. The monoisotopic (exact) mass is 341 g/mol. The molecule has 0 amide bonds. The van der Waals surface area contributed by atoms with Crippen molar-refractivity contribution in [2.24, 2.45) is 5.92 Å². The number of hydrogen-bond acceptors (Lipinski definition) is 2. The van der Waals surface area contributed by atoms with E-state index in [0.29, 0.717) is 12.0 Å². The third-order valence-electron chi connectivity index (χ3n) is 6.52. The topological polar surface area (TPSA) is 45.2 Å². The maximum Gasteiger partial charge on any atom is 0.131 e. The van der Waals surface area contributed by atoms with E-state index in [0.717, 1.165) is 42.6 Å². The van der Waals surface area contributed by atoms with Gasteiger partial charge in [-0.25, -0.2) is 0 Å². The van der Waals surface area contributed by atoms with Crippen LogP contribution in [0.5, 0.6) is 5.75 Å². The molecule has 25 heavy (non-hydrogen) atoms. The number of quaternary nitrogens is 1. The second kappa shape index (κ2) is 6.19. The molecule has 3 heterocycles. The van der Waals surface area contributed by atoms with Gasteiger partial charge in [-0.3, -0.25) is 0 Å². The number of hydrogen-bond donors (Lipinski definition) is 2. The first-order valence-corrected chi connectivity index (χ1v) is 9.39. The van der Waals surface area contributed by atoms with Crippen molar-refractivity contribution in [1.82, 2.24) is 4.98 Å². The fraction of sp³-hybridized carbons (Fsp3) is 0.524. The molecule has 3 atom stereocenters. The molecule has 1 aromatic carbocycles. The zero-order valence-electron chi connectivity index (χ0n) is 15.5. The van der Waals surface area contributed by atoms with Crippen molar-refractivity contribution in [3.63, 3.8) is 0 Å². The molecule has 4 nitrogen and oxygen atoms in total. The number of allylic oxidation sites excluding steroid dienone is 1. The minimum Gasteiger partial charge on any atom is -0.496 e. The molecule has 134 valence electrons. The second-order valence-corrected chi connectivity index (χ2v) is 7.84. The van der Waals surface area contributed by atoms with E-state index in [1.54, 1.807) is 7.11 Å². The Morgan fingerprint density at radius 2 is 2.24 bits per heavy atom. The van der Waals surface area contributed by atoms with Crippen molar-refractivity contribution < 1.29 is 14.3 Å². The van der Waals surface area contributed by atoms with Crippen LogP contribution in [-0.2, 0) is 6.42 Å². The molecule has 1 aromatic heterocycles. The zero-order chi connectivity index (χ0) is 17.6. The summed E-state index contributed by atoms with van der Waals surface area (Å²) in [6.07, 6.45) is 5.35. The first-order chi connectivity index (χ1) is 12.1. The normalized spacial score (nSPS) is 30.3. The number of H-pyrrole nitrogens is 1. The maximum atomic E-state index is 9.51. The summed E-state index contributed by atoms with van der Waals surface area (Å²) in [5.41, 5.74) is 5.55. The van der Waals surface area contributed by atoms with Gasteiger partial charge in [-0.2, -0.15) is 0 Å². The number of methoxy groups -OCH3 is 1. The first kappa shape index (κ1) is 16.7. The summed E-state index contributed by atoms with van der Waals surface area (Å²) in [5, 5.41) is 10.8. The van der Waals surface area contributed by atoms with Crippen LogP contribution < -0.4 is 4.74 Å². The van der Waals surface area contributed by atoms with Crippen molar-refractivity contribution in [2.45, 2.75) is 32.2 Å². The van der Waals surface area contributed by atoms with Crippen LogP contribution in [0, 0.1) is 5.92 Å². The van der Waals surface area contributed by atoms with Crippen molar-refractivity contribution in [3.05, 3.63) is 41.1 Å². The maximum absolute atomic E-state index is 9.51. The highest BCUT2D eigenvalue weighted by molar-refractivity contribution is 5.90. The number of likely N-dealkylation sites (N-methyl/N-ethyl adjacent to an activating group) is 1. The summed E-state index contributed by atoms with van der Waals surface area (Å²) in [7, 11) is 4.16. The highest BCUT2D eigenvalue weighted by Crippen LogP contribution is 2.48. The highest BCUT2D eigenvalue weighted by atomic mass is 16.5. The van der Waals surface area contributed by atoms with Gasteiger partial charge < -0.3 is 19.3 Å². The van der Waals surface area contributed by atoms with Gasteiger partial charge in [-0.15, -0.1) is 0 Å². The lowest BCUT2D eigenvalue weighted by Crippen LogP contribution is -2.56. The van der Waals surface area contributed by atoms with E-state index >= 15 is 0 Å². The molecule has 2 aliphatic heterocycles.